The minimum absolute atomic E-state index is 0.130. The Labute approximate surface area is 200 Å². The number of fused-ring (bicyclic) bond motifs is 2. The van der Waals surface area contributed by atoms with Crippen molar-refractivity contribution in [2.45, 2.75) is 37.0 Å². The topological polar surface area (TPSA) is 146 Å². The summed E-state index contributed by atoms with van der Waals surface area (Å²) in [4.78, 5) is 0. The van der Waals surface area contributed by atoms with Crippen LogP contribution in [0.3, 0.4) is 0 Å². The lowest BCUT2D eigenvalue weighted by molar-refractivity contribution is -0.277. The maximum absolute atomic E-state index is 10.2. The Balaban J connectivity index is 1.43. The van der Waals surface area contributed by atoms with Gasteiger partial charge in [0.05, 0.1) is 13.7 Å². The second-order valence-corrected chi connectivity index (χ2v) is 8.21. The molecule has 188 valence electrons. The molecule has 3 aliphatic heterocycles. The molecular weight excluding hydrogens is 464 g/mol. The van der Waals surface area contributed by atoms with Crippen molar-refractivity contribution in [1.82, 2.24) is 0 Å². The number of benzene rings is 2. The first-order chi connectivity index (χ1) is 16.9. The summed E-state index contributed by atoms with van der Waals surface area (Å²) in [5, 5.41) is 39.6. The normalized spacial score (nSPS) is 29.1. The Hall–Kier alpha value is -3.06. The first kappa shape index (κ1) is 23.7. The maximum atomic E-state index is 10.2. The molecular formula is C24H26O11. The molecule has 11 heteroatoms. The standard InChI is InChI=1S/C24H26O11/c1-29-16-8-18-17(31-10-32-18)7-13(16)14-5-11-3-4-12(6-15(11)34-23(14)30-2)33-24-22(28)21(27)20(26)19(9-25)35-24/h3-8,19-28H,9-10H2,1-2H3. The molecule has 11 nitrogen and oxygen atoms in total. The number of aliphatic hydroxyl groups excluding tert-OH is 4. The van der Waals surface area contributed by atoms with Crippen molar-refractivity contribution in [3.05, 3.63) is 41.5 Å². The number of rotatable bonds is 6. The molecule has 0 spiro atoms. The van der Waals surface area contributed by atoms with Crippen molar-refractivity contribution in [1.29, 1.82) is 0 Å². The number of hydrogen-bond donors (Lipinski definition) is 4. The fraction of sp³-hybridized carbons (Fsp3) is 0.417. The van der Waals surface area contributed by atoms with E-state index in [1.54, 1.807) is 31.4 Å². The molecule has 3 aliphatic rings. The van der Waals surface area contributed by atoms with Gasteiger partial charge in [-0.25, -0.2) is 0 Å². The summed E-state index contributed by atoms with van der Waals surface area (Å²) in [5.74, 6) is 2.47. The van der Waals surface area contributed by atoms with Crippen molar-refractivity contribution in [3.8, 4) is 28.7 Å². The highest BCUT2D eigenvalue weighted by Crippen LogP contribution is 2.45. The molecule has 2 aromatic carbocycles. The number of aliphatic hydroxyl groups is 4. The molecule has 6 atom stereocenters. The largest absolute Gasteiger partial charge is 0.496 e. The van der Waals surface area contributed by atoms with Gasteiger partial charge in [0.1, 0.15) is 41.7 Å². The van der Waals surface area contributed by atoms with Crippen LogP contribution in [-0.2, 0) is 9.47 Å². The van der Waals surface area contributed by atoms with Crippen LogP contribution >= 0.6 is 0 Å². The Morgan fingerprint density at radius 3 is 2.43 bits per heavy atom. The van der Waals surface area contributed by atoms with Crippen LogP contribution < -0.4 is 23.7 Å². The van der Waals surface area contributed by atoms with Crippen LogP contribution in [0, 0.1) is 0 Å². The van der Waals surface area contributed by atoms with Crippen LogP contribution in [-0.4, -0.2) is 85.0 Å². The third kappa shape index (κ3) is 4.27. The first-order valence-electron chi connectivity index (χ1n) is 10.9. The zero-order valence-electron chi connectivity index (χ0n) is 19.0. The summed E-state index contributed by atoms with van der Waals surface area (Å²) in [7, 11) is 3.07. The Kier molecular flexibility index (Phi) is 6.45. The van der Waals surface area contributed by atoms with Crippen molar-refractivity contribution >= 4 is 11.6 Å². The van der Waals surface area contributed by atoms with E-state index in [0.717, 1.165) is 11.1 Å². The third-order valence-corrected chi connectivity index (χ3v) is 6.10. The highest BCUT2D eigenvalue weighted by Gasteiger charge is 2.44. The summed E-state index contributed by atoms with van der Waals surface area (Å²) in [6, 6.07) is 8.54. The van der Waals surface area contributed by atoms with E-state index in [9.17, 15) is 20.4 Å². The van der Waals surface area contributed by atoms with Gasteiger partial charge in [0.25, 0.3) is 0 Å². The Bertz CT molecular complexity index is 1110. The van der Waals surface area contributed by atoms with E-state index >= 15 is 0 Å². The molecule has 0 aliphatic carbocycles. The van der Waals surface area contributed by atoms with Gasteiger partial charge in [0.2, 0.25) is 19.4 Å². The van der Waals surface area contributed by atoms with Gasteiger partial charge in [-0.05, 0) is 24.3 Å². The zero-order chi connectivity index (χ0) is 24.7. The van der Waals surface area contributed by atoms with Crippen LogP contribution in [0.5, 0.6) is 28.7 Å². The smallest absolute Gasteiger partial charge is 0.231 e. The highest BCUT2D eigenvalue weighted by atomic mass is 16.7. The molecule has 0 radical (unpaired) electrons. The molecule has 3 heterocycles. The summed E-state index contributed by atoms with van der Waals surface area (Å²) < 4.78 is 39.3. The first-order valence-corrected chi connectivity index (χ1v) is 10.9. The zero-order valence-corrected chi connectivity index (χ0v) is 19.0. The highest BCUT2D eigenvalue weighted by molar-refractivity contribution is 5.89. The fourth-order valence-corrected chi connectivity index (χ4v) is 4.22. The number of hydrogen-bond acceptors (Lipinski definition) is 11. The minimum atomic E-state index is -1.54. The molecule has 0 bridgehead atoms. The third-order valence-electron chi connectivity index (χ3n) is 6.10. The van der Waals surface area contributed by atoms with E-state index in [0.29, 0.717) is 28.6 Å². The molecule has 0 amide bonds. The van der Waals surface area contributed by atoms with Crippen molar-refractivity contribution in [2.75, 3.05) is 27.6 Å². The SMILES string of the molecule is COc1cc2c(cc1C1=Cc3ccc(OC4OC(CO)C(O)C(O)C4O)cc3OC1OC)OCO2. The summed E-state index contributed by atoms with van der Waals surface area (Å²) >= 11 is 0. The number of methoxy groups -OCH3 is 2. The van der Waals surface area contributed by atoms with E-state index < -0.39 is 43.6 Å². The predicted octanol–water partition coefficient (Wildman–Crippen LogP) is 0.508. The molecule has 0 aromatic heterocycles. The van der Waals surface area contributed by atoms with Gasteiger partial charge < -0.3 is 53.6 Å². The second kappa shape index (κ2) is 9.53. The van der Waals surface area contributed by atoms with Crippen LogP contribution in [0.25, 0.3) is 11.6 Å². The number of ether oxygens (including phenoxy) is 7. The van der Waals surface area contributed by atoms with Crippen LogP contribution in [0.1, 0.15) is 11.1 Å². The molecule has 5 rings (SSSR count). The summed E-state index contributed by atoms with van der Waals surface area (Å²) in [6.07, 6.45) is -5.81. The molecule has 6 unspecified atom stereocenters. The fourth-order valence-electron chi connectivity index (χ4n) is 4.22. The van der Waals surface area contributed by atoms with Crippen LogP contribution in [0.2, 0.25) is 0 Å². The van der Waals surface area contributed by atoms with E-state index in [1.165, 1.54) is 7.11 Å². The molecule has 0 saturated carbocycles. The van der Waals surface area contributed by atoms with Gasteiger partial charge in [-0.15, -0.1) is 0 Å². The van der Waals surface area contributed by atoms with Gasteiger partial charge in [-0.1, -0.05) is 0 Å². The lowest BCUT2D eigenvalue weighted by Gasteiger charge is -2.39. The predicted molar refractivity (Wildman–Crippen MR) is 119 cm³/mol. The molecule has 2 aromatic rings. The summed E-state index contributed by atoms with van der Waals surface area (Å²) in [5.41, 5.74) is 2.16. The van der Waals surface area contributed by atoms with Crippen molar-refractivity contribution in [2.24, 2.45) is 0 Å². The van der Waals surface area contributed by atoms with Crippen molar-refractivity contribution in [3.63, 3.8) is 0 Å². The van der Waals surface area contributed by atoms with Crippen molar-refractivity contribution < 1.29 is 53.6 Å². The van der Waals surface area contributed by atoms with Gasteiger partial charge in [-0.3, -0.25) is 0 Å². The van der Waals surface area contributed by atoms with Gasteiger partial charge in [-0.2, -0.15) is 0 Å². The molecule has 1 saturated heterocycles. The van der Waals surface area contributed by atoms with Crippen LogP contribution in [0.15, 0.2) is 30.3 Å². The molecule has 4 N–H and O–H groups in total. The maximum Gasteiger partial charge on any atom is 0.231 e. The average Bonchev–Trinajstić information content (AvgIpc) is 3.34. The van der Waals surface area contributed by atoms with Gasteiger partial charge in [0.15, 0.2) is 11.5 Å². The Morgan fingerprint density at radius 1 is 0.943 bits per heavy atom. The van der Waals surface area contributed by atoms with E-state index in [1.807, 2.05) is 12.1 Å². The van der Waals surface area contributed by atoms with Crippen LogP contribution in [0.4, 0.5) is 0 Å². The van der Waals surface area contributed by atoms with E-state index in [4.69, 9.17) is 33.2 Å². The quantitative estimate of drug-likeness (QED) is 0.449. The molecule has 35 heavy (non-hydrogen) atoms. The summed E-state index contributed by atoms with van der Waals surface area (Å²) in [6.45, 7) is -0.421. The average molecular weight is 490 g/mol. The van der Waals surface area contributed by atoms with Gasteiger partial charge in [0, 0.05) is 35.9 Å². The molecule has 1 fully saturated rings. The monoisotopic (exact) mass is 490 g/mol. The van der Waals surface area contributed by atoms with Gasteiger partial charge >= 0.3 is 0 Å². The lowest BCUT2D eigenvalue weighted by Crippen LogP contribution is -2.60. The van der Waals surface area contributed by atoms with E-state index in [-0.39, 0.29) is 12.5 Å². The lowest BCUT2D eigenvalue weighted by atomic mass is 9.98. The Morgan fingerprint density at radius 2 is 1.71 bits per heavy atom. The minimum Gasteiger partial charge on any atom is -0.496 e. The second-order valence-electron chi connectivity index (χ2n) is 8.21. The van der Waals surface area contributed by atoms with E-state index in [2.05, 4.69) is 0 Å².